The number of hydrogen-bond acceptors (Lipinski definition) is 2. The van der Waals surface area contributed by atoms with Gasteiger partial charge in [-0.15, -0.1) is 0 Å². The Labute approximate surface area is 132 Å². The van der Waals surface area contributed by atoms with Crippen molar-refractivity contribution in [1.29, 1.82) is 0 Å². The van der Waals surface area contributed by atoms with Crippen LogP contribution in [0.5, 0.6) is 0 Å². The number of rotatable bonds is 6. The van der Waals surface area contributed by atoms with Crippen molar-refractivity contribution >= 4 is 22.5 Å². The Bertz CT molecular complexity index is 620. The lowest BCUT2D eigenvalue weighted by Gasteiger charge is -2.23. The van der Waals surface area contributed by atoms with Crippen molar-refractivity contribution in [3.63, 3.8) is 0 Å². The second-order valence-corrected chi connectivity index (χ2v) is 6.87. The predicted octanol–water partition coefficient (Wildman–Crippen LogP) is 4.90. The lowest BCUT2D eigenvalue weighted by molar-refractivity contribution is 0.239. The highest BCUT2D eigenvalue weighted by Crippen LogP contribution is 2.30. The van der Waals surface area contributed by atoms with Gasteiger partial charge < -0.3 is 0 Å². The molecule has 0 N–H and O–H groups in total. The highest BCUT2D eigenvalue weighted by atomic mass is 35.5. The van der Waals surface area contributed by atoms with Crippen LogP contribution in [0.15, 0.2) is 30.3 Å². The summed E-state index contributed by atoms with van der Waals surface area (Å²) in [7, 11) is 0. The number of pyridine rings is 1. The first-order valence-electron chi connectivity index (χ1n) is 7.91. The Morgan fingerprint density at radius 1 is 1.29 bits per heavy atom. The zero-order valence-electron chi connectivity index (χ0n) is 12.8. The number of aromatic nitrogens is 1. The summed E-state index contributed by atoms with van der Waals surface area (Å²) in [6, 6.07) is 11.1. The summed E-state index contributed by atoms with van der Waals surface area (Å²) in [6.45, 7) is 6.66. The fraction of sp³-hybridized carbons (Fsp3) is 0.500. The average Bonchev–Trinajstić information content (AvgIpc) is 3.28. The van der Waals surface area contributed by atoms with Gasteiger partial charge in [-0.2, -0.15) is 0 Å². The predicted molar refractivity (Wildman–Crippen MR) is 89.6 cm³/mol. The van der Waals surface area contributed by atoms with Gasteiger partial charge in [-0.1, -0.05) is 43.6 Å². The lowest BCUT2D eigenvalue weighted by atomic mass is 10.1. The van der Waals surface area contributed by atoms with E-state index in [-0.39, 0.29) is 0 Å². The van der Waals surface area contributed by atoms with Crippen LogP contribution in [0, 0.1) is 5.92 Å². The molecule has 1 aromatic heterocycles. The number of halogens is 1. The van der Waals surface area contributed by atoms with Crippen molar-refractivity contribution in [3.05, 3.63) is 41.0 Å². The molecule has 0 aliphatic heterocycles. The summed E-state index contributed by atoms with van der Waals surface area (Å²) in [6.07, 6.45) is 3.91. The molecule has 21 heavy (non-hydrogen) atoms. The first-order chi connectivity index (χ1) is 10.1. The smallest absolute Gasteiger partial charge is 0.134 e. The molecule has 0 atom stereocenters. The van der Waals surface area contributed by atoms with Crippen LogP contribution in [0.25, 0.3) is 10.9 Å². The van der Waals surface area contributed by atoms with Crippen LogP contribution in [0.2, 0.25) is 5.15 Å². The van der Waals surface area contributed by atoms with Gasteiger partial charge in [0.2, 0.25) is 0 Å². The van der Waals surface area contributed by atoms with E-state index in [0.29, 0.717) is 5.15 Å². The number of fused-ring (bicyclic) bond motifs is 1. The molecule has 3 heteroatoms. The summed E-state index contributed by atoms with van der Waals surface area (Å²) >= 11 is 6.40. The van der Waals surface area contributed by atoms with Crippen molar-refractivity contribution < 1.29 is 0 Å². The quantitative estimate of drug-likeness (QED) is 0.706. The Balaban J connectivity index is 1.80. The summed E-state index contributed by atoms with van der Waals surface area (Å²) < 4.78 is 0. The Hall–Kier alpha value is -1.12. The number of benzene rings is 1. The minimum Gasteiger partial charge on any atom is -0.296 e. The van der Waals surface area contributed by atoms with Crippen LogP contribution in [0.4, 0.5) is 0 Å². The van der Waals surface area contributed by atoms with Gasteiger partial charge >= 0.3 is 0 Å². The van der Waals surface area contributed by atoms with E-state index in [2.05, 4.69) is 41.9 Å². The standard InChI is InChI=1S/C18H23ClN2/c1-13(2)9-10-21(16-7-8-16)12-15-11-14-5-3-4-6-17(14)20-18(15)19/h3-6,11,13,16H,7-10,12H2,1-2H3. The minimum absolute atomic E-state index is 0.656. The normalized spacial score (nSPS) is 15.3. The molecule has 1 aliphatic rings. The summed E-state index contributed by atoms with van der Waals surface area (Å²) in [4.78, 5) is 7.12. The highest BCUT2D eigenvalue weighted by molar-refractivity contribution is 6.30. The largest absolute Gasteiger partial charge is 0.296 e. The molecule has 0 saturated heterocycles. The number of hydrogen-bond donors (Lipinski definition) is 0. The molecule has 1 fully saturated rings. The van der Waals surface area contributed by atoms with Gasteiger partial charge in [0.1, 0.15) is 5.15 Å². The summed E-state index contributed by atoms with van der Waals surface area (Å²) in [5, 5.41) is 1.83. The molecule has 0 bridgehead atoms. The van der Waals surface area contributed by atoms with Crippen LogP contribution in [0.1, 0.15) is 38.7 Å². The fourth-order valence-electron chi connectivity index (χ4n) is 2.72. The fourth-order valence-corrected chi connectivity index (χ4v) is 2.93. The van der Waals surface area contributed by atoms with Crippen molar-refractivity contribution in [2.45, 2.75) is 45.7 Å². The van der Waals surface area contributed by atoms with Crippen LogP contribution in [-0.4, -0.2) is 22.5 Å². The molecule has 0 spiro atoms. The van der Waals surface area contributed by atoms with Gasteiger partial charge in [-0.25, -0.2) is 4.98 Å². The van der Waals surface area contributed by atoms with Crippen LogP contribution in [-0.2, 0) is 6.54 Å². The molecule has 1 aromatic carbocycles. The SMILES string of the molecule is CC(C)CCN(Cc1cc2ccccc2nc1Cl)C1CC1. The zero-order chi connectivity index (χ0) is 14.8. The average molecular weight is 303 g/mol. The molecular weight excluding hydrogens is 280 g/mol. The van der Waals surface area contributed by atoms with E-state index in [9.17, 15) is 0 Å². The van der Waals surface area contributed by atoms with E-state index in [1.54, 1.807) is 0 Å². The molecule has 0 radical (unpaired) electrons. The van der Waals surface area contributed by atoms with Crippen LogP contribution < -0.4 is 0 Å². The van der Waals surface area contributed by atoms with Gasteiger partial charge in [-0.3, -0.25) is 4.90 Å². The third-order valence-corrected chi connectivity index (χ3v) is 4.51. The van der Waals surface area contributed by atoms with E-state index >= 15 is 0 Å². The molecular formula is C18H23ClN2. The molecule has 0 amide bonds. The highest BCUT2D eigenvalue weighted by Gasteiger charge is 2.29. The van der Waals surface area contributed by atoms with E-state index in [0.717, 1.165) is 36.1 Å². The third-order valence-electron chi connectivity index (χ3n) is 4.18. The Morgan fingerprint density at radius 3 is 2.76 bits per heavy atom. The van der Waals surface area contributed by atoms with Gasteiger partial charge in [0, 0.05) is 23.5 Å². The molecule has 3 rings (SSSR count). The second kappa shape index (κ2) is 6.33. The van der Waals surface area contributed by atoms with Gasteiger partial charge in [0.25, 0.3) is 0 Å². The first kappa shape index (κ1) is 14.8. The zero-order valence-corrected chi connectivity index (χ0v) is 13.6. The minimum atomic E-state index is 0.656. The Kier molecular flexibility index (Phi) is 4.46. The summed E-state index contributed by atoms with van der Waals surface area (Å²) in [5.74, 6) is 0.747. The lowest BCUT2D eigenvalue weighted by Crippen LogP contribution is -2.27. The molecule has 1 heterocycles. The van der Waals surface area contributed by atoms with E-state index in [1.807, 2.05) is 12.1 Å². The maximum Gasteiger partial charge on any atom is 0.134 e. The van der Waals surface area contributed by atoms with E-state index in [4.69, 9.17) is 11.6 Å². The third kappa shape index (κ3) is 3.75. The van der Waals surface area contributed by atoms with Crippen LogP contribution in [0.3, 0.4) is 0 Å². The topological polar surface area (TPSA) is 16.1 Å². The summed E-state index contributed by atoms with van der Waals surface area (Å²) in [5.41, 5.74) is 2.14. The van der Waals surface area contributed by atoms with Crippen molar-refractivity contribution in [2.24, 2.45) is 5.92 Å². The molecule has 112 valence electrons. The maximum atomic E-state index is 6.40. The Morgan fingerprint density at radius 2 is 2.05 bits per heavy atom. The molecule has 1 saturated carbocycles. The van der Waals surface area contributed by atoms with Crippen molar-refractivity contribution in [2.75, 3.05) is 6.54 Å². The monoisotopic (exact) mass is 302 g/mol. The van der Waals surface area contributed by atoms with Gasteiger partial charge in [-0.05, 0) is 43.9 Å². The molecule has 0 unspecified atom stereocenters. The van der Waals surface area contributed by atoms with E-state index in [1.165, 1.54) is 24.6 Å². The van der Waals surface area contributed by atoms with Crippen molar-refractivity contribution in [1.82, 2.24) is 9.88 Å². The molecule has 2 aromatic rings. The van der Waals surface area contributed by atoms with Crippen LogP contribution >= 0.6 is 11.6 Å². The van der Waals surface area contributed by atoms with Crippen molar-refractivity contribution in [3.8, 4) is 0 Å². The van der Waals surface area contributed by atoms with Gasteiger partial charge in [0.05, 0.1) is 5.52 Å². The number of nitrogens with zero attached hydrogens (tertiary/aromatic N) is 2. The first-order valence-corrected chi connectivity index (χ1v) is 8.29. The second-order valence-electron chi connectivity index (χ2n) is 6.52. The maximum absolute atomic E-state index is 6.40. The van der Waals surface area contributed by atoms with Gasteiger partial charge in [0.15, 0.2) is 0 Å². The van der Waals surface area contributed by atoms with E-state index < -0.39 is 0 Å². The molecule has 1 aliphatic carbocycles. The molecule has 2 nitrogen and oxygen atoms in total. The number of para-hydroxylation sites is 1.